The standard InChI is InChI=1S/C17H20N6O5/c1-3-28-17(25)22-13-8-12(15(23(26)27)16(19)21-13)20-9(2)14(18)10-4-6-11(24)7-5-10/h4-9,18,24H,3H2,1-2H3,(H4,19,20,21,22,25). The molecule has 0 fully saturated rings. The second-order valence-corrected chi connectivity index (χ2v) is 5.72. The number of aromatic hydroxyl groups is 1. The molecule has 2 rings (SSSR count). The lowest BCUT2D eigenvalue weighted by atomic mass is 10.0. The lowest BCUT2D eigenvalue weighted by Gasteiger charge is -2.18. The number of benzene rings is 1. The number of carbonyl (C=O) groups is 1. The summed E-state index contributed by atoms with van der Waals surface area (Å²) in [5.41, 5.74) is 5.85. The normalized spacial score (nSPS) is 11.4. The number of ether oxygens (including phenoxy) is 1. The zero-order valence-corrected chi connectivity index (χ0v) is 15.2. The molecule has 1 aromatic carbocycles. The lowest BCUT2D eigenvalue weighted by molar-refractivity contribution is -0.383. The highest BCUT2D eigenvalue weighted by molar-refractivity contribution is 6.03. The van der Waals surface area contributed by atoms with Crippen molar-refractivity contribution < 1.29 is 19.6 Å². The number of nitrogens with one attached hydrogen (secondary N) is 3. The number of hydrogen-bond donors (Lipinski definition) is 5. The molecular formula is C17H20N6O5. The molecule has 11 nitrogen and oxygen atoms in total. The van der Waals surface area contributed by atoms with E-state index in [1.807, 2.05) is 0 Å². The van der Waals surface area contributed by atoms with Crippen LogP contribution in [0.15, 0.2) is 30.3 Å². The Bertz CT molecular complexity index is 900. The van der Waals surface area contributed by atoms with Crippen LogP contribution in [0, 0.1) is 15.5 Å². The highest BCUT2D eigenvalue weighted by atomic mass is 16.6. The van der Waals surface area contributed by atoms with E-state index in [1.165, 1.54) is 18.2 Å². The number of anilines is 3. The number of rotatable bonds is 7. The molecule has 0 saturated carbocycles. The molecular weight excluding hydrogens is 368 g/mol. The van der Waals surface area contributed by atoms with Gasteiger partial charge in [0.2, 0.25) is 5.82 Å². The number of nitrogens with zero attached hydrogens (tertiary/aromatic N) is 2. The predicted molar refractivity (Wildman–Crippen MR) is 104 cm³/mol. The minimum absolute atomic E-state index is 0.0136. The van der Waals surface area contributed by atoms with Gasteiger partial charge in [-0.25, -0.2) is 9.78 Å². The molecule has 1 heterocycles. The molecule has 0 bridgehead atoms. The van der Waals surface area contributed by atoms with Crippen LogP contribution >= 0.6 is 0 Å². The number of pyridine rings is 1. The minimum atomic E-state index is -0.779. The Morgan fingerprint density at radius 1 is 1.43 bits per heavy atom. The molecule has 6 N–H and O–H groups in total. The van der Waals surface area contributed by atoms with E-state index in [2.05, 4.69) is 15.6 Å². The van der Waals surface area contributed by atoms with Crippen LogP contribution in [-0.2, 0) is 4.74 Å². The Morgan fingerprint density at radius 3 is 2.64 bits per heavy atom. The minimum Gasteiger partial charge on any atom is -0.508 e. The Kier molecular flexibility index (Phi) is 6.32. The van der Waals surface area contributed by atoms with E-state index in [4.69, 9.17) is 15.9 Å². The topological polar surface area (TPSA) is 176 Å². The number of carbonyl (C=O) groups excluding carboxylic acids is 1. The number of phenolic OH excluding ortho intramolecular Hbond substituents is 1. The fourth-order valence-corrected chi connectivity index (χ4v) is 2.39. The number of nitrogen functional groups attached to an aromatic ring is 1. The third kappa shape index (κ3) is 4.84. The van der Waals surface area contributed by atoms with Gasteiger partial charge in [-0.15, -0.1) is 0 Å². The Labute approximate surface area is 160 Å². The average Bonchev–Trinajstić information content (AvgIpc) is 2.61. The molecule has 2 aromatic rings. The SMILES string of the molecule is CCOC(=O)Nc1cc(NC(C)C(=N)c2ccc(O)cc2)c([N+](=O)[O-])c(N)n1. The molecule has 0 aliphatic rings. The fourth-order valence-electron chi connectivity index (χ4n) is 2.39. The van der Waals surface area contributed by atoms with E-state index in [1.54, 1.807) is 26.0 Å². The lowest BCUT2D eigenvalue weighted by Crippen LogP contribution is -2.27. The van der Waals surface area contributed by atoms with Crippen LogP contribution in [0.2, 0.25) is 0 Å². The molecule has 0 spiro atoms. The number of aromatic nitrogens is 1. The van der Waals surface area contributed by atoms with Gasteiger partial charge in [-0.2, -0.15) is 0 Å². The largest absolute Gasteiger partial charge is 0.508 e. The van der Waals surface area contributed by atoms with Crippen LogP contribution in [0.25, 0.3) is 0 Å². The van der Waals surface area contributed by atoms with Gasteiger partial charge >= 0.3 is 11.8 Å². The van der Waals surface area contributed by atoms with Crippen molar-refractivity contribution in [2.24, 2.45) is 0 Å². The van der Waals surface area contributed by atoms with Gasteiger partial charge in [-0.3, -0.25) is 15.4 Å². The average molecular weight is 388 g/mol. The summed E-state index contributed by atoms with van der Waals surface area (Å²) >= 11 is 0. The van der Waals surface area contributed by atoms with Crippen molar-refractivity contribution in [3.8, 4) is 5.75 Å². The summed E-state index contributed by atoms with van der Waals surface area (Å²) < 4.78 is 4.75. The van der Waals surface area contributed by atoms with Gasteiger partial charge in [0, 0.05) is 6.07 Å². The van der Waals surface area contributed by atoms with Crippen molar-refractivity contribution in [2.45, 2.75) is 19.9 Å². The first-order valence-electron chi connectivity index (χ1n) is 8.26. The summed E-state index contributed by atoms with van der Waals surface area (Å²) in [4.78, 5) is 26.1. The molecule has 1 unspecified atom stereocenters. The Hall–Kier alpha value is -3.89. The number of hydrogen-bond acceptors (Lipinski definition) is 9. The predicted octanol–water partition coefficient (Wildman–Crippen LogP) is 2.71. The monoisotopic (exact) mass is 388 g/mol. The van der Waals surface area contributed by atoms with E-state index in [-0.39, 0.29) is 29.6 Å². The summed E-state index contributed by atoms with van der Waals surface area (Å²) in [6.45, 7) is 3.40. The van der Waals surface area contributed by atoms with Crippen molar-refractivity contribution in [1.29, 1.82) is 5.41 Å². The van der Waals surface area contributed by atoms with Crippen molar-refractivity contribution in [1.82, 2.24) is 4.98 Å². The van der Waals surface area contributed by atoms with Crippen molar-refractivity contribution in [2.75, 3.05) is 23.0 Å². The van der Waals surface area contributed by atoms with Crippen LogP contribution in [0.5, 0.6) is 5.75 Å². The maximum absolute atomic E-state index is 11.6. The fraction of sp³-hybridized carbons (Fsp3) is 0.235. The van der Waals surface area contributed by atoms with Gasteiger partial charge in [0.1, 0.15) is 17.3 Å². The highest BCUT2D eigenvalue weighted by Crippen LogP contribution is 2.32. The quantitative estimate of drug-likeness (QED) is 0.273. The maximum Gasteiger partial charge on any atom is 0.412 e. The van der Waals surface area contributed by atoms with Gasteiger partial charge < -0.3 is 26.3 Å². The van der Waals surface area contributed by atoms with Crippen molar-refractivity contribution in [3.63, 3.8) is 0 Å². The first-order valence-corrected chi connectivity index (χ1v) is 8.26. The molecule has 28 heavy (non-hydrogen) atoms. The van der Waals surface area contributed by atoms with Gasteiger partial charge in [-0.05, 0) is 43.7 Å². The van der Waals surface area contributed by atoms with Crippen LogP contribution in [0.4, 0.5) is 27.8 Å². The molecule has 0 saturated heterocycles. The molecule has 0 radical (unpaired) electrons. The number of phenols is 1. The second kappa shape index (κ2) is 8.66. The summed E-state index contributed by atoms with van der Waals surface area (Å²) in [6, 6.07) is 6.57. The molecule has 11 heteroatoms. The van der Waals surface area contributed by atoms with Crippen LogP contribution < -0.4 is 16.4 Å². The summed E-state index contributed by atoms with van der Waals surface area (Å²) in [5.74, 6) is -0.373. The van der Waals surface area contributed by atoms with Crippen molar-refractivity contribution in [3.05, 3.63) is 46.0 Å². The molecule has 1 atom stereocenters. The van der Waals surface area contributed by atoms with E-state index >= 15 is 0 Å². The maximum atomic E-state index is 11.6. The summed E-state index contributed by atoms with van der Waals surface area (Å²) in [7, 11) is 0. The molecule has 1 amide bonds. The first kappa shape index (κ1) is 20.4. The zero-order chi connectivity index (χ0) is 20.8. The Balaban J connectivity index is 2.31. The van der Waals surface area contributed by atoms with Gasteiger partial charge in [0.25, 0.3) is 0 Å². The molecule has 0 aliphatic heterocycles. The number of nitro groups is 1. The molecule has 148 valence electrons. The number of amides is 1. The molecule has 1 aromatic heterocycles. The van der Waals surface area contributed by atoms with Gasteiger partial charge in [-0.1, -0.05) is 0 Å². The van der Waals surface area contributed by atoms with Crippen LogP contribution in [0.1, 0.15) is 19.4 Å². The van der Waals surface area contributed by atoms with E-state index in [9.17, 15) is 20.0 Å². The van der Waals surface area contributed by atoms with Gasteiger partial charge in [0.05, 0.1) is 23.3 Å². The van der Waals surface area contributed by atoms with E-state index in [0.29, 0.717) is 5.56 Å². The van der Waals surface area contributed by atoms with E-state index in [0.717, 1.165) is 0 Å². The highest BCUT2D eigenvalue weighted by Gasteiger charge is 2.24. The van der Waals surface area contributed by atoms with Gasteiger partial charge in [0.15, 0.2) is 0 Å². The zero-order valence-electron chi connectivity index (χ0n) is 15.2. The first-order chi connectivity index (χ1) is 13.2. The van der Waals surface area contributed by atoms with E-state index < -0.39 is 28.6 Å². The Morgan fingerprint density at radius 2 is 2.07 bits per heavy atom. The van der Waals surface area contributed by atoms with Crippen molar-refractivity contribution >= 4 is 34.8 Å². The summed E-state index contributed by atoms with van der Waals surface area (Å²) in [6.07, 6.45) is -0.779. The second-order valence-electron chi connectivity index (χ2n) is 5.72. The third-order valence-corrected chi connectivity index (χ3v) is 3.69. The molecule has 0 aliphatic carbocycles. The smallest absolute Gasteiger partial charge is 0.412 e. The van der Waals surface area contributed by atoms with Crippen LogP contribution in [-0.4, -0.2) is 39.5 Å². The number of nitrogens with two attached hydrogens (primary N) is 1. The third-order valence-electron chi connectivity index (χ3n) is 3.69. The summed E-state index contributed by atoms with van der Waals surface area (Å²) in [5, 5.41) is 34.2. The van der Waals surface area contributed by atoms with Crippen LogP contribution in [0.3, 0.4) is 0 Å².